The number of carbonyl (C=O) groups is 1. The van der Waals surface area contributed by atoms with Crippen LogP contribution in [0.3, 0.4) is 0 Å². The van der Waals surface area contributed by atoms with Gasteiger partial charge in [-0.25, -0.2) is 17.2 Å². The summed E-state index contributed by atoms with van der Waals surface area (Å²) in [6, 6.07) is 4.91. The number of alkyl halides is 2. The van der Waals surface area contributed by atoms with Gasteiger partial charge in [-0.15, -0.1) is 10.2 Å². The molecular weight excluding hydrogens is 709 g/mol. The highest BCUT2D eigenvalue weighted by molar-refractivity contribution is 7.89. The Bertz CT molecular complexity index is 2170. The van der Waals surface area contributed by atoms with Crippen molar-refractivity contribution in [2.75, 3.05) is 32.8 Å². The van der Waals surface area contributed by atoms with Crippen LogP contribution < -0.4 is 9.47 Å². The fraction of sp³-hybridized carbons (Fsp3) is 0.541. The zero-order valence-electron chi connectivity index (χ0n) is 30.6. The molecule has 0 radical (unpaired) electrons. The van der Waals surface area contributed by atoms with Gasteiger partial charge in [0.15, 0.2) is 5.65 Å². The number of ether oxygens (including phenoxy) is 2. The van der Waals surface area contributed by atoms with Crippen molar-refractivity contribution in [3.63, 3.8) is 0 Å². The lowest BCUT2D eigenvalue weighted by Crippen LogP contribution is -2.38. The van der Waals surface area contributed by atoms with Crippen LogP contribution in [0.4, 0.5) is 8.78 Å². The number of halogens is 2. The Balaban J connectivity index is 1.22. The van der Waals surface area contributed by atoms with E-state index in [0.717, 1.165) is 19.6 Å². The van der Waals surface area contributed by atoms with Gasteiger partial charge in [0, 0.05) is 42.7 Å². The van der Waals surface area contributed by atoms with Crippen molar-refractivity contribution < 1.29 is 36.6 Å². The summed E-state index contributed by atoms with van der Waals surface area (Å²) in [5.74, 6) is -2.09. The highest BCUT2D eigenvalue weighted by Crippen LogP contribution is 2.48. The van der Waals surface area contributed by atoms with Crippen molar-refractivity contribution in [3.8, 4) is 11.8 Å². The lowest BCUT2D eigenvalue weighted by molar-refractivity contribution is -0.147. The molecule has 1 N–H and O–H groups in total. The molecule has 0 amide bonds. The lowest BCUT2D eigenvalue weighted by Gasteiger charge is -2.32. The quantitative estimate of drug-likeness (QED) is 0.204. The van der Waals surface area contributed by atoms with E-state index in [1.807, 2.05) is 6.92 Å². The predicted octanol–water partition coefficient (Wildman–Crippen LogP) is 5.61. The SMILES string of the molecule is Cc1cnc([C@@H](c2ccn3c(C(F)F)nnc3c2C)C(C)(C)C(=O)O)cc1CN1CC2(CC2)Oc2nc(OCCN3CCCCC3)c(C)cc2S1(=O)=O. The van der Waals surface area contributed by atoms with E-state index in [-0.39, 0.29) is 29.5 Å². The van der Waals surface area contributed by atoms with Gasteiger partial charge in [0.1, 0.15) is 17.1 Å². The molecule has 1 saturated heterocycles. The number of hydrogen-bond donors (Lipinski definition) is 1. The van der Waals surface area contributed by atoms with Gasteiger partial charge in [0.2, 0.25) is 27.6 Å². The third-order valence-electron chi connectivity index (χ3n) is 10.9. The topological polar surface area (TPSA) is 152 Å². The van der Waals surface area contributed by atoms with Crippen LogP contribution in [0, 0.1) is 26.2 Å². The molecule has 4 aromatic heterocycles. The number of nitrogens with zero attached hydrogens (tertiary/aromatic N) is 7. The predicted molar refractivity (Wildman–Crippen MR) is 190 cm³/mol. The number of aromatic nitrogens is 5. The zero-order chi connectivity index (χ0) is 37.9. The van der Waals surface area contributed by atoms with Crippen molar-refractivity contribution in [1.82, 2.24) is 33.8 Å². The third kappa shape index (κ3) is 6.96. The van der Waals surface area contributed by atoms with Gasteiger partial charge in [-0.1, -0.05) is 6.42 Å². The smallest absolute Gasteiger partial charge is 0.310 e. The van der Waals surface area contributed by atoms with Gasteiger partial charge >= 0.3 is 5.97 Å². The molecule has 4 aromatic rings. The molecule has 2 fully saturated rings. The molecule has 1 saturated carbocycles. The maximum Gasteiger partial charge on any atom is 0.310 e. The minimum atomic E-state index is -4.12. The summed E-state index contributed by atoms with van der Waals surface area (Å²) in [7, 11) is -4.12. The van der Waals surface area contributed by atoms with Gasteiger partial charge in [-0.2, -0.15) is 9.29 Å². The molecule has 16 heteroatoms. The number of rotatable bonds is 11. The number of aryl methyl sites for hydroxylation is 3. The molecule has 0 aromatic carbocycles. The van der Waals surface area contributed by atoms with Crippen molar-refractivity contribution in [1.29, 1.82) is 0 Å². The first-order valence-electron chi connectivity index (χ1n) is 18.0. The third-order valence-corrected chi connectivity index (χ3v) is 12.7. The summed E-state index contributed by atoms with van der Waals surface area (Å²) < 4.78 is 71.2. The molecule has 1 atom stereocenters. The summed E-state index contributed by atoms with van der Waals surface area (Å²) in [6.07, 6.45) is 5.08. The first-order valence-corrected chi connectivity index (χ1v) is 19.4. The van der Waals surface area contributed by atoms with Gasteiger partial charge in [0.25, 0.3) is 6.43 Å². The molecule has 0 bridgehead atoms. The zero-order valence-corrected chi connectivity index (χ0v) is 31.4. The van der Waals surface area contributed by atoms with E-state index >= 15 is 0 Å². The molecule has 2 aliphatic heterocycles. The molecular formula is C37H45F2N7O6S. The second-order valence-corrected chi connectivity index (χ2v) is 17.1. The Morgan fingerprint density at radius 2 is 1.83 bits per heavy atom. The standard InChI is InChI=1S/C37H45F2N7O6S/c1-22-17-28-34(41-33(22)51-16-15-44-12-7-6-8-13-44)52-37(10-11-37)21-45(53(28,49)50)20-25-18-27(40-19-23(25)2)29(36(4,5)35(47)48)26-9-14-46-31(24(26)3)42-43-32(46)30(38)39/h9,14,17-19,29-30H,6-8,10-13,15-16,20-21H2,1-5H3,(H,47,48)/t29-/m1/s1. The minimum absolute atomic E-state index is 0.0263. The largest absolute Gasteiger partial charge is 0.481 e. The van der Waals surface area contributed by atoms with E-state index in [0.29, 0.717) is 58.8 Å². The molecule has 3 aliphatic rings. The van der Waals surface area contributed by atoms with E-state index in [4.69, 9.17) is 9.47 Å². The molecule has 7 rings (SSSR count). The monoisotopic (exact) mass is 753 g/mol. The normalized spacial score (nSPS) is 19.2. The molecule has 6 heterocycles. The molecule has 53 heavy (non-hydrogen) atoms. The average molecular weight is 754 g/mol. The van der Waals surface area contributed by atoms with Gasteiger partial charge < -0.3 is 14.6 Å². The Labute approximate surface area is 307 Å². The molecule has 1 spiro atoms. The first kappa shape index (κ1) is 37.1. The Kier molecular flexibility index (Phi) is 9.68. The van der Waals surface area contributed by atoms with E-state index in [1.165, 1.54) is 34.2 Å². The summed E-state index contributed by atoms with van der Waals surface area (Å²) in [4.78, 5) is 24.4. The maximum atomic E-state index is 14.4. The van der Waals surface area contributed by atoms with E-state index in [2.05, 4.69) is 25.1 Å². The lowest BCUT2D eigenvalue weighted by atomic mass is 9.71. The highest BCUT2D eigenvalue weighted by Gasteiger charge is 2.53. The van der Waals surface area contributed by atoms with Gasteiger partial charge in [-0.05, 0) is 114 Å². The number of carboxylic acid groups (broad SMARTS) is 1. The maximum absolute atomic E-state index is 14.4. The number of carboxylic acids is 1. The number of piperidine rings is 1. The van der Waals surface area contributed by atoms with Crippen molar-refractivity contribution in [3.05, 3.63) is 69.9 Å². The number of hydrogen-bond acceptors (Lipinski definition) is 10. The van der Waals surface area contributed by atoms with E-state index in [9.17, 15) is 27.1 Å². The van der Waals surface area contributed by atoms with Crippen LogP contribution in [0.1, 0.15) is 97.6 Å². The van der Waals surface area contributed by atoms with Crippen LogP contribution in [0.25, 0.3) is 5.65 Å². The van der Waals surface area contributed by atoms with Crippen LogP contribution in [0.15, 0.2) is 35.5 Å². The van der Waals surface area contributed by atoms with Crippen LogP contribution in [-0.4, -0.2) is 91.7 Å². The van der Waals surface area contributed by atoms with Crippen LogP contribution in [0.5, 0.6) is 11.8 Å². The van der Waals surface area contributed by atoms with E-state index < -0.39 is 45.2 Å². The minimum Gasteiger partial charge on any atom is -0.481 e. The van der Waals surface area contributed by atoms with Crippen LogP contribution >= 0.6 is 0 Å². The van der Waals surface area contributed by atoms with Crippen molar-refractivity contribution in [2.45, 2.75) is 96.1 Å². The summed E-state index contributed by atoms with van der Waals surface area (Å²) in [5, 5.41) is 18.1. The molecule has 0 unspecified atom stereocenters. The fourth-order valence-electron chi connectivity index (χ4n) is 7.46. The Morgan fingerprint density at radius 3 is 2.51 bits per heavy atom. The highest BCUT2D eigenvalue weighted by atomic mass is 32.2. The van der Waals surface area contributed by atoms with Crippen molar-refractivity contribution >= 4 is 21.6 Å². The summed E-state index contributed by atoms with van der Waals surface area (Å²) in [5.41, 5.74) is 1.34. The summed E-state index contributed by atoms with van der Waals surface area (Å²) >= 11 is 0. The van der Waals surface area contributed by atoms with Gasteiger partial charge in [-0.3, -0.25) is 19.1 Å². The van der Waals surface area contributed by atoms with E-state index in [1.54, 1.807) is 52.1 Å². The van der Waals surface area contributed by atoms with Gasteiger partial charge in [0.05, 0.1) is 12.0 Å². The number of pyridine rings is 3. The molecule has 284 valence electrons. The number of fused-ring (bicyclic) bond motifs is 2. The van der Waals surface area contributed by atoms with Crippen LogP contribution in [-0.2, 0) is 21.4 Å². The first-order chi connectivity index (χ1) is 25.1. The molecule has 1 aliphatic carbocycles. The average Bonchev–Trinajstić information content (AvgIpc) is 3.73. The fourth-order valence-corrected chi connectivity index (χ4v) is 9.08. The molecule has 13 nitrogen and oxygen atoms in total. The van der Waals surface area contributed by atoms with Crippen LogP contribution in [0.2, 0.25) is 0 Å². The second kappa shape index (κ2) is 13.9. The number of aliphatic carboxylic acids is 1. The second-order valence-electron chi connectivity index (χ2n) is 15.2. The number of sulfonamides is 1. The van der Waals surface area contributed by atoms with Crippen molar-refractivity contribution in [2.24, 2.45) is 5.41 Å². The number of likely N-dealkylation sites (tertiary alicyclic amines) is 1. The Morgan fingerprint density at radius 1 is 1.09 bits per heavy atom. The Hall–Kier alpha value is -4.28. The summed E-state index contributed by atoms with van der Waals surface area (Å²) in [6.45, 7) is 11.8.